The van der Waals surface area contributed by atoms with E-state index in [4.69, 9.17) is 4.74 Å². The molecule has 3 heteroatoms. The zero-order valence-corrected chi connectivity index (χ0v) is 9.23. The number of nitrogens with zero attached hydrogens (tertiary/aromatic N) is 1. The Hall–Kier alpha value is -0.800. The maximum atomic E-state index is 5.78. The zero-order chi connectivity index (χ0) is 9.97. The molecule has 0 radical (unpaired) electrons. The van der Waals surface area contributed by atoms with E-state index in [1.165, 1.54) is 4.88 Å². The molecule has 2 aliphatic rings. The van der Waals surface area contributed by atoms with E-state index in [-0.39, 0.29) is 11.3 Å². The molecule has 0 N–H and O–H groups in total. The normalized spacial score (nSPS) is 37.9. The summed E-state index contributed by atoms with van der Waals surface area (Å²) in [6.45, 7) is 9.29. The third-order valence-corrected chi connectivity index (χ3v) is 4.18. The SMILES string of the molecule is C=C1OC(C)(C)N2CC12c1cccs1. The fourth-order valence-electron chi connectivity index (χ4n) is 2.39. The lowest BCUT2D eigenvalue weighted by molar-refractivity contribution is -0.00340. The van der Waals surface area contributed by atoms with E-state index >= 15 is 0 Å². The Bertz CT molecular complexity index is 395. The van der Waals surface area contributed by atoms with Crippen molar-refractivity contribution in [2.24, 2.45) is 0 Å². The summed E-state index contributed by atoms with van der Waals surface area (Å²) in [5.41, 5.74) is -0.168. The minimum Gasteiger partial charge on any atom is -0.476 e. The van der Waals surface area contributed by atoms with E-state index in [9.17, 15) is 0 Å². The molecule has 2 unspecified atom stereocenters. The Morgan fingerprint density at radius 1 is 1.57 bits per heavy atom. The fraction of sp³-hybridized carbons (Fsp3) is 0.455. The Balaban J connectivity index is 2.07. The summed E-state index contributed by atoms with van der Waals surface area (Å²) in [5.74, 6) is 0.907. The van der Waals surface area contributed by atoms with Gasteiger partial charge in [-0.25, -0.2) is 4.90 Å². The van der Waals surface area contributed by atoms with Crippen LogP contribution in [-0.2, 0) is 10.3 Å². The molecule has 1 aromatic heterocycles. The van der Waals surface area contributed by atoms with Crippen LogP contribution in [0.5, 0.6) is 0 Å². The summed E-state index contributed by atoms with van der Waals surface area (Å²) in [7, 11) is 0. The smallest absolute Gasteiger partial charge is 0.158 e. The van der Waals surface area contributed by atoms with Gasteiger partial charge >= 0.3 is 0 Å². The van der Waals surface area contributed by atoms with E-state index in [2.05, 4.69) is 42.8 Å². The van der Waals surface area contributed by atoms with Gasteiger partial charge in [-0.3, -0.25) is 0 Å². The second kappa shape index (κ2) is 2.23. The van der Waals surface area contributed by atoms with Crippen LogP contribution in [0.4, 0.5) is 0 Å². The summed E-state index contributed by atoms with van der Waals surface area (Å²) in [4.78, 5) is 3.71. The largest absolute Gasteiger partial charge is 0.476 e. The van der Waals surface area contributed by atoms with Crippen molar-refractivity contribution in [2.75, 3.05) is 6.54 Å². The van der Waals surface area contributed by atoms with Gasteiger partial charge in [0.2, 0.25) is 0 Å². The van der Waals surface area contributed by atoms with Gasteiger partial charge in [0, 0.05) is 11.4 Å². The zero-order valence-electron chi connectivity index (χ0n) is 8.41. The highest BCUT2D eigenvalue weighted by Crippen LogP contribution is 2.60. The first-order valence-electron chi connectivity index (χ1n) is 4.77. The molecule has 0 aromatic carbocycles. The first kappa shape index (κ1) is 8.50. The van der Waals surface area contributed by atoms with Crippen LogP contribution in [0.3, 0.4) is 0 Å². The topological polar surface area (TPSA) is 12.2 Å². The number of fused-ring (bicyclic) bond motifs is 1. The standard InChI is InChI=1S/C11H13NOS/c1-8-11(9-5-4-6-14-9)7-12(11)10(2,3)13-8/h4-6H,1,7H2,2-3H3. The molecule has 0 amide bonds. The van der Waals surface area contributed by atoms with Gasteiger partial charge in [0.15, 0.2) is 5.72 Å². The van der Waals surface area contributed by atoms with Gasteiger partial charge < -0.3 is 4.74 Å². The maximum Gasteiger partial charge on any atom is 0.158 e. The van der Waals surface area contributed by atoms with Crippen molar-refractivity contribution in [1.82, 2.24) is 4.90 Å². The molecular weight excluding hydrogens is 194 g/mol. The number of ether oxygens (including phenoxy) is 1. The van der Waals surface area contributed by atoms with Crippen molar-refractivity contribution < 1.29 is 4.74 Å². The predicted molar refractivity (Wildman–Crippen MR) is 57.0 cm³/mol. The molecule has 3 heterocycles. The molecule has 2 fully saturated rings. The fourth-order valence-corrected chi connectivity index (χ4v) is 3.33. The van der Waals surface area contributed by atoms with Crippen LogP contribution in [0.25, 0.3) is 0 Å². The average molecular weight is 207 g/mol. The van der Waals surface area contributed by atoms with Crippen LogP contribution < -0.4 is 0 Å². The Morgan fingerprint density at radius 3 is 2.79 bits per heavy atom. The Morgan fingerprint density at radius 2 is 2.36 bits per heavy atom. The Labute approximate surface area is 87.8 Å². The van der Waals surface area contributed by atoms with Crippen molar-refractivity contribution in [1.29, 1.82) is 0 Å². The molecule has 14 heavy (non-hydrogen) atoms. The Kier molecular flexibility index (Phi) is 1.35. The lowest BCUT2D eigenvalue weighted by Crippen LogP contribution is -2.29. The van der Waals surface area contributed by atoms with Crippen LogP contribution in [0.15, 0.2) is 29.9 Å². The van der Waals surface area contributed by atoms with E-state index in [0.717, 1.165) is 12.3 Å². The molecule has 2 atom stereocenters. The molecule has 74 valence electrons. The number of hydrogen-bond acceptors (Lipinski definition) is 3. The summed E-state index contributed by atoms with van der Waals surface area (Å²) >= 11 is 1.78. The third-order valence-electron chi connectivity index (χ3n) is 3.16. The number of thiophene rings is 1. The predicted octanol–water partition coefficient (Wildman–Crippen LogP) is 2.54. The van der Waals surface area contributed by atoms with Crippen molar-refractivity contribution in [3.63, 3.8) is 0 Å². The summed E-state index contributed by atoms with van der Waals surface area (Å²) < 4.78 is 5.78. The molecular formula is C11H13NOS. The lowest BCUT2D eigenvalue weighted by Gasteiger charge is -2.21. The second-order valence-electron chi connectivity index (χ2n) is 4.40. The molecule has 3 rings (SSSR count). The van der Waals surface area contributed by atoms with Gasteiger partial charge in [-0.2, -0.15) is 0 Å². The van der Waals surface area contributed by atoms with Crippen LogP contribution in [-0.4, -0.2) is 17.2 Å². The third kappa shape index (κ3) is 0.799. The van der Waals surface area contributed by atoms with Crippen molar-refractivity contribution in [3.05, 3.63) is 34.7 Å². The molecule has 0 spiro atoms. The van der Waals surface area contributed by atoms with Gasteiger partial charge in [-0.1, -0.05) is 12.6 Å². The van der Waals surface area contributed by atoms with Gasteiger partial charge in [0.05, 0.1) is 0 Å². The molecule has 0 saturated carbocycles. The molecule has 1 aromatic rings. The minimum atomic E-state index is -0.179. The average Bonchev–Trinajstić information content (AvgIpc) is 2.58. The van der Waals surface area contributed by atoms with Crippen molar-refractivity contribution >= 4 is 11.3 Å². The highest BCUT2D eigenvalue weighted by molar-refractivity contribution is 7.10. The van der Waals surface area contributed by atoms with Crippen LogP contribution in [0.1, 0.15) is 18.7 Å². The van der Waals surface area contributed by atoms with E-state index < -0.39 is 0 Å². The molecule has 0 bridgehead atoms. The maximum absolute atomic E-state index is 5.78. The quantitative estimate of drug-likeness (QED) is 0.656. The number of hydrogen-bond donors (Lipinski definition) is 0. The van der Waals surface area contributed by atoms with Gasteiger partial charge in [-0.15, -0.1) is 11.3 Å². The highest BCUT2D eigenvalue weighted by atomic mass is 32.1. The summed E-state index contributed by atoms with van der Waals surface area (Å²) in [6, 6.07) is 4.25. The van der Waals surface area contributed by atoms with E-state index in [0.29, 0.717) is 0 Å². The summed E-state index contributed by atoms with van der Waals surface area (Å²) in [5, 5.41) is 2.11. The number of rotatable bonds is 1. The van der Waals surface area contributed by atoms with Crippen molar-refractivity contribution in [2.45, 2.75) is 25.1 Å². The molecule has 2 aliphatic heterocycles. The van der Waals surface area contributed by atoms with E-state index in [1.807, 2.05) is 0 Å². The van der Waals surface area contributed by atoms with Gasteiger partial charge in [-0.05, 0) is 25.3 Å². The van der Waals surface area contributed by atoms with Crippen LogP contribution in [0, 0.1) is 0 Å². The monoisotopic (exact) mass is 207 g/mol. The highest BCUT2D eigenvalue weighted by Gasteiger charge is 2.69. The van der Waals surface area contributed by atoms with E-state index in [1.54, 1.807) is 11.3 Å². The molecule has 0 aliphatic carbocycles. The van der Waals surface area contributed by atoms with Gasteiger partial charge in [0.25, 0.3) is 0 Å². The van der Waals surface area contributed by atoms with Crippen LogP contribution >= 0.6 is 11.3 Å². The van der Waals surface area contributed by atoms with Gasteiger partial charge in [0.1, 0.15) is 11.3 Å². The summed E-state index contributed by atoms with van der Waals surface area (Å²) in [6.07, 6.45) is 0. The molecule has 2 nitrogen and oxygen atoms in total. The second-order valence-corrected chi connectivity index (χ2v) is 5.34. The minimum absolute atomic E-state index is 0.0116. The van der Waals surface area contributed by atoms with Crippen LogP contribution in [0.2, 0.25) is 0 Å². The first-order chi connectivity index (χ1) is 6.57. The van der Waals surface area contributed by atoms with Crippen molar-refractivity contribution in [3.8, 4) is 0 Å². The molecule has 2 saturated heterocycles. The lowest BCUT2D eigenvalue weighted by atomic mass is 10.1. The first-order valence-corrected chi connectivity index (χ1v) is 5.65.